The fourth-order valence-corrected chi connectivity index (χ4v) is 1.97. The molecule has 4 nitrogen and oxygen atoms in total. The Morgan fingerprint density at radius 2 is 1.74 bits per heavy atom. The van der Waals surface area contributed by atoms with Gasteiger partial charge in [0.15, 0.2) is 0 Å². The van der Waals surface area contributed by atoms with Gasteiger partial charge in [-0.2, -0.15) is 13.2 Å². The van der Waals surface area contributed by atoms with Crippen LogP contribution >= 0.6 is 0 Å². The molecule has 0 spiro atoms. The summed E-state index contributed by atoms with van der Waals surface area (Å²) in [5, 5.41) is 4.62. The van der Waals surface area contributed by atoms with E-state index in [9.17, 15) is 22.8 Å². The number of benzene rings is 1. The molecule has 0 saturated carbocycles. The van der Waals surface area contributed by atoms with Gasteiger partial charge in [-0.25, -0.2) is 0 Å². The molecule has 2 N–H and O–H groups in total. The maximum Gasteiger partial charge on any atom is 0.416 e. The van der Waals surface area contributed by atoms with Gasteiger partial charge in [-0.15, -0.1) is 0 Å². The highest BCUT2D eigenvalue weighted by Crippen LogP contribution is 2.30. The van der Waals surface area contributed by atoms with Crippen molar-refractivity contribution in [2.45, 2.75) is 45.2 Å². The minimum absolute atomic E-state index is 0.0667. The average Bonchev–Trinajstić information content (AvgIpc) is 2.50. The first-order valence-electron chi connectivity index (χ1n) is 7.61. The molecule has 0 unspecified atom stereocenters. The quantitative estimate of drug-likeness (QED) is 0.591. The van der Waals surface area contributed by atoms with E-state index in [1.165, 1.54) is 12.1 Å². The van der Waals surface area contributed by atoms with Crippen molar-refractivity contribution in [1.82, 2.24) is 5.32 Å². The van der Waals surface area contributed by atoms with Gasteiger partial charge in [-0.3, -0.25) is 9.59 Å². The van der Waals surface area contributed by atoms with Gasteiger partial charge >= 0.3 is 18.0 Å². The van der Waals surface area contributed by atoms with Gasteiger partial charge in [0.1, 0.15) is 0 Å². The Morgan fingerprint density at radius 1 is 1.04 bits per heavy atom. The molecule has 0 aliphatic carbocycles. The summed E-state index contributed by atoms with van der Waals surface area (Å²) >= 11 is 0. The van der Waals surface area contributed by atoms with Gasteiger partial charge in [0.2, 0.25) is 0 Å². The smallest absolute Gasteiger partial charge is 0.348 e. The predicted molar refractivity (Wildman–Crippen MR) is 81.8 cm³/mol. The molecule has 0 bridgehead atoms. The van der Waals surface area contributed by atoms with Crippen LogP contribution in [0, 0.1) is 0 Å². The van der Waals surface area contributed by atoms with E-state index >= 15 is 0 Å². The zero-order chi connectivity index (χ0) is 17.3. The average molecular weight is 330 g/mol. The third kappa shape index (κ3) is 7.17. The van der Waals surface area contributed by atoms with E-state index in [-0.39, 0.29) is 5.69 Å². The number of anilines is 1. The normalized spacial score (nSPS) is 11.1. The SMILES string of the molecule is CCCCCCCNC(=O)C(=O)Nc1cccc(C(F)(F)F)c1. The second-order valence-electron chi connectivity index (χ2n) is 5.20. The number of hydrogen-bond donors (Lipinski definition) is 2. The summed E-state index contributed by atoms with van der Waals surface area (Å²) in [4.78, 5) is 23.2. The van der Waals surface area contributed by atoms with Crippen molar-refractivity contribution in [2.75, 3.05) is 11.9 Å². The molecule has 0 heterocycles. The molecule has 0 radical (unpaired) electrons. The van der Waals surface area contributed by atoms with Crippen LogP contribution in [0.1, 0.15) is 44.6 Å². The minimum atomic E-state index is -4.50. The van der Waals surface area contributed by atoms with Crippen molar-refractivity contribution in [1.29, 1.82) is 0 Å². The van der Waals surface area contributed by atoms with E-state index in [4.69, 9.17) is 0 Å². The Bertz CT molecular complexity index is 530. The molecule has 2 amide bonds. The Labute approximate surface area is 133 Å². The highest BCUT2D eigenvalue weighted by molar-refractivity contribution is 6.39. The monoisotopic (exact) mass is 330 g/mol. The van der Waals surface area contributed by atoms with Crippen LogP contribution < -0.4 is 10.6 Å². The van der Waals surface area contributed by atoms with Gasteiger partial charge in [0.25, 0.3) is 0 Å². The molecule has 1 aromatic carbocycles. The summed E-state index contributed by atoms with van der Waals surface area (Å²) in [5.74, 6) is -1.82. The van der Waals surface area contributed by atoms with E-state index < -0.39 is 23.6 Å². The maximum atomic E-state index is 12.6. The Balaban J connectivity index is 2.42. The topological polar surface area (TPSA) is 58.2 Å². The number of halogens is 3. The van der Waals surface area contributed by atoms with Crippen molar-refractivity contribution in [3.63, 3.8) is 0 Å². The lowest BCUT2D eigenvalue weighted by atomic mass is 10.1. The van der Waals surface area contributed by atoms with Crippen LogP contribution in [0.15, 0.2) is 24.3 Å². The number of unbranched alkanes of at least 4 members (excludes halogenated alkanes) is 4. The molecule has 0 aliphatic heterocycles. The van der Waals surface area contributed by atoms with E-state index in [1.54, 1.807) is 0 Å². The predicted octanol–water partition coefficient (Wildman–Crippen LogP) is 3.73. The lowest BCUT2D eigenvalue weighted by Crippen LogP contribution is -2.35. The van der Waals surface area contributed by atoms with Crippen LogP contribution in [0.3, 0.4) is 0 Å². The fourth-order valence-electron chi connectivity index (χ4n) is 1.97. The number of alkyl halides is 3. The van der Waals surface area contributed by atoms with Gasteiger partial charge < -0.3 is 10.6 Å². The summed E-state index contributed by atoms with van der Waals surface area (Å²) in [7, 11) is 0. The lowest BCUT2D eigenvalue weighted by Gasteiger charge is -2.10. The fraction of sp³-hybridized carbons (Fsp3) is 0.500. The third-order valence-corrected chi connectivity index (χ3v) is 3.22. The van der Waals surface area contributed by atoms with Crippen LogP contribution in [0.5, 0.6) is 0 Å². The zero-order valence-corrected chi connectivity index (χ0v) is 13.0. The Hall–Kier alpha value is -2.05. The van der Waals surface area contributed by atoms with Crippen molar-refractivity contribution in [3.05, 3.63) is 29.8 Å². The summed E-state index contributed by atoms with van der Waals surface area (Å²) in [5.41, 5.74) is -0.949. The summed E-state index contributed by atoms with van der Waals surface area (Å²) < 4.78 is 37.7. The second kappa shape index (κ2) is 9.17. The summed E-state index contributed by atoms with van der Waals surface area (Å²) in [6.07, 6.45) is 0.548. The van der Waals surface area contributed by atoms with Gasteiger partial charge in [0.05, 0.1) is 5.56 Å². The highest BCUT2D eigenvalue weighted by Gasteiger charge is 2.30. The number of amides is 2. The molecule has 0 aromatic heterocycles. The van der Waals surface area contributed by atoms with Crippen LogP contribution in [0.25, 0.3) is 0 Å². The number of carbonyl (C=O) groups excluding carboxylic acids is 2. The van der Waals surface area contributed by atoms with Crippen LogP contribution in [-0.4, -0.2) is 18.4 Å². The van der Waals surface area contributed by atoms with Gasteiger partial charge in [-0.1, -0.05) is 38.7 Å². The molecule has 0 aliphatic rings. The van der Waals surface area contributed by atoms with Crippen molar-refractivity contribution < 1.29 is 22.8 Å². The molecule has 1 aromatic rings. The minimum Gasteiger partial charge on any atom is -0.348 e. The molecular formula is C16H21F3N2O2. The molecule has 128 valence electrons. The Morgan fingerprint density at radius 3 is 2.39 bits per heavy atom. The van der Waals surface area contributed by atoms with E-state index in [0.717, 1.165) is 44.2 Å². The molecule has 0 atom stereocenters. The summed E-state index contributed by atoms with van der Waals surface area (Å²) in [6, 6.07) is 4.15. The molecule has 0 saturated heterocycles. The van der Waals surface area contributed by atoms with Crippen molar-refractivity contribution in [3.8, 4) is 0 Å². The molecule has 7 heteroatoms. The second-order valence-corrected chi connectivity index (χ2v) is 5.20. The largest absolute Gasteiger partial charge is 0.416 e. The van der Waals surface area contributed by atoms with Crippen LogP contribution in [0.2, 0.25) is 0 Å². The van der Waals surface area contributed by atoms with Crippen molar-refractivity contribution >= 4 is 17.5 Å². The van der Waals surface area contributed by atoms with E-state index in [2.05, 4.69) is 17.6 Å². The molecule has 23 heavy (non-hydrogen) atoms. The van der Waals surface area contributed by atoms with Crippen LogP contribution in [0.4, 0.5) is 18.9 Å². The van der Waals surface area contributed by atoms with Crippen LogP contribution in [-0.2, 0) is 15.8 Å². The first kappa shape index (κ1) is 19.0. The van der Waals surface area contributed by atoms with Gasteiger partial charge in [0, 0.05) is 12.2 Å². The first-order chi connectivity index (χ1) is 10.8. The third-order valence-electron chi connectivity index (χ3n) is 3.22. The Kier molecular flexibility index (Phi) is 7.57. The molecular weight excluding hydrogens is 309 g/mol. The zero-order valence-electron chi connectivity index (χ0n) is 13.0. The maximum absolute atomic E-state index is 12.6. The number of nitrogens with one attached hydrogen (secondary N) is 2. The first-order valence-corrected chi connectivity index (χ1v) is 7.61. The van der Waals surface area contributed by atoms with Crippen molar-refractivity contribution in [2.24, 2.45) is 0 Å². The van der Waals surface area contributed by atoms with Gasteiger partial charge in [-0.05, 0) is 24.6 Å². The highest BCUT2D eigenvalue weighted by atomic mass is 19.4. The molecule has 0 fully saturated rings. The standard InChI is InChI=1S/C16H21F3N2O2/c1-2-3-4-5-6-10-20-14(22)15(23)21-13-9-7-8-12(11-13)16(17,18)19/h7-9,11H,2-6,10H2,1H3,(H,20,22)(H,21,23). The lowest BCUT2D eigenvalue weighted by molar-refractivity contribution is -0.137. The number of hydrogen-bond acceptors (Lipinski definition) is 2. The van der Waals surface area contributed by atoms with E-state index in [1.807, 2.05) is 0 Å². The number of rotatable bonds is 7. The number of carbonyl (C=O) groups is 2. The summed E-state index contributed by atoms with van der Waals surface area (Å²) in [6.45, 7) is 2.47. The molecule has 1 rings (SSSR count). The van der Waals surface area contributed by atoms with E-state index in [0.29, 0.717) is 6.54 Å².